The van der Waals surface area contributed by atoms with Crippen molar-refractivity contribution < 1.29 is 9.90 Å². The van der Waals surface area contributed by atoms with E-state index in [0.717, 1.165) is 0 Å². The van der Waals surface area contributed by atoms with Crippen LogP contribution in [0.25, 0.3) is 6.08 Å². The van der Waals surface area contributed by atoms with Crippen molar-refractivity contribution >= 4 is 23.5 Å². The molecule has 2 aromatic rings. The summed E-state index contributed by atoms with van der Waals surface area (Å²) in [6.45, 7) is 0. The molecule has 0 atom stereocenters. The van der Waals surface area contributed by atoms with Crippen LogP contribution < -0.4 is 0 Å². The number of aromatic hydroxyl groups is 1. The predicted molar refractivity (Wildman–Crippen MR) is 72.9 cm³/mol. The third kappa shape index (κ3) is 2.79. The highest BCUT2D eigenvalue weighted by atomic mass is 35.5. The minimum Gasteiger partial charge on any atom is -0.506 e. The van der Waals surface area contributed by atoms with Crippen LogP contribution in [0, 0.1) is 0 Å². The summed E-state index contributed by atoms with van der Waals surface area (Å²) in [5.74, 6) is -0.133. The van der Waals surface area contributed by atoms with E-state index in [-0.39, 0.29) is 16.6 Å². The second kappa shape index (κ2) is 5.52. The van der Waals surface area contributed by atoms with Gasteiger partial charge in [0.05, 0.1) is 5.02 Å². The molecule has 2 nitrogen and oxygen atoms in total. The number of hydrogen-bond donors (Lipinski definition) is 1. The van der Waals surface area contributed by atoms with Crippen LogP contribution in [-0.4, -0.2) is 10.9 Å². The molecule has 0 fully saturated rings. The molecule has 0 aliphatic rings. The molecule has 0 aromatic heterocycles. The summed E-state index contributed by atoms with van der Waals surface area (Å²) in [6.07, 6.45) is 2.97. The van der Waals surface area contributed by atoms with Gasteiger partial charge in [-0.15, -0.1) is 0 Å². The Kier molecular flexibility index (Phi) is 3.80. The number of halogens is 1. The van der Waals surface area contributed by atoms with Gasteiger partial charge in [0.25, 0.3) is 0 Å². The lowest BCUT2D eigenvalue weighted by Crippen LogP contribution is -1.92. The Morgan fingerprint density at radius 3 is 2.50 bits per heavy atom. The fourth-order valence-electron chi connectivity index (χ4n) is 1.53. The van der Waals surface area contributed by atoms with E-state index in [1.807, 2.05) is 6.07 Å². The number of hydrogen-bond acceptors (Lipinski definition) is 2. The number of carbonyl (C=O) groups is 1. The number of carbonyl (C=O) groups excluding carboxylic acids is 1. The van der Waals surface area contributed by atoms with Gasteiger partial charge < -0.3 is 5.11 Å². The largest absolute Gasteiger partial charge is 0.506 e. The first kappa shape index (κ1) is 12.4. The number of rotatable bonds is 3. The first-order valence-corrected chi connectivity index (χ1v) is 5.81. The van der Waals surface area contributed by atoms with Crippen molar-refractivity contribution in [2.24, 2.45) is 0 Å². The summed E-state index contributed by atoms with van der Waals surface area (Å²) in [5.41, 5.74) is 1.13. The van der Waals surface area contributed by atoms with Gasteiger partial charge in [-0.25, -0.2) is 0 Å². The Labute approximate surface area is 110 Å². The first-order valence-electron chi connectivity index (χ1n) is 5.43. The number of ketones is 1. The maximum atomic E-state index is 11.8. The smallest absolute Gasteiger partial charge is 0.185 e. The standard InChI is InChI=1S/C15H11ClO2/c16-13-8-4-7-12(15(13)18)9-10-14(17)11-5-2-1-3-6-11/h1-10,18H. The van der Waals surface area contributed by atoms with Crippen LogP contribution in [0.2, 0.25) is 5.02 Å². The Hall–Kier alpha value is -2.06. The molecule has 2 aromatic carbocycles. The maximum absolute atomic E-state index is 11.8. The summed E-state index contributed by atoms with van der Waals surface area (Å²) in [5, 5.41) is 9.95. The van der Waals surface area contributed by atoms with Crippen LogP contribution >= 0.6 is 11.6 Å². The number of phenolic OH excluding ortho intramolecular Hbond substituents is 1. The molecule has 3 heteroatoms. The molecule has 0 amide bonds. The topological polar surface area (TPSA) is 37.3 Å². The average Bonchev–Trinajstić information content (AvgIpc) is 2.41. The SMILES string of the molecule is O=C(C=Cc1cccc(Cl)c1O)c1ccccc1. The van der Waals surface area contributed by atoms with Gasteiger partial charge in [-0.1, -0.05) is 54.1 Å². The molecule has 0 aliphatic heterocycles. The highest BCUT2D eigenvalue weighted by Crippen LogP contribution is 2.27. The first-order chi connectivity index (χ1) is 8.68. The molecule has 90 valence electrons. The van der Waals surface area contributed by atoms with Crippen molar-refractivity contribution in [3.05, 3.63) is 70.8 Å². The minimum atomic E-state index is -0.116. The fraction of sp³-hybridized carbons (Fsp3) is 0. The zero-order valence-corrected chi connectivity index (χ0v) is 10.3. The summed E-state index contributed by atoms with van der Waals surface area (Å²) in [6, 6.07) is 13.9. The summed E-state index contributed by atoms with van der Waals surface area (Å²) >= 11 is 5.78. The normalized spacial score (nSPS) is 10.7. The van der Waals surface area contributed by atoms with Crippen LogP contribution in [0.1, 0.15) is 15.9 Å². The Morgan fingerprint density at radius 1 is 1.06 bits per heavy atom. The van der Waals surface area contributed by atoms with E-state index in [1.165, 1.54) is 6.08 Å². The fourth-order valence-corrected chi connectivity index (χ4v) is 1.71. The Balaban J connectivity index is 2.22. The van der Waals surface area contributed by atoms with Crippen molar-refractivity contribution in [1.82, 2.24) is 0 Å². The molecule has 0 saturated carbocycles. The lowest BCUT2D eigenvalue weighted by Gasteiger charge is -2.00. The maximum Gasteiger partial charge on any atom is 0.185 e. The van der Waals surface area contributed by atoms with Crippen molar-refractivity contribution in [1.29, 1.82) is 0 Å². The molecule has 0 bridgehead atoms. The second-order valence-electron chi connectivity index (χ2n) is 3.74. The lowest BCUT2D eigenvalue weighted by atomic mass is 10.1. The third-order valence-electron chi connectivity index (χ3n) is 2.49. The van der Waals surface area contributed by atoms with Crippen LogP contribution in [0.15, 0.2) is 54.6 Å². The average molecular weight is 259 g/mol. The number of benzene rings is 2. The lowest BCUT2D eigenvalue weighted by molar-refractivity contribution is 0.104. The molecule has 0 aliphatic carbocycles. The number of allylic oxidation sites excluding steroid dienone is 1. The molecular formula is C15H11ClO2. The minimum absolute atomic E-state index is 0.0173. The second-order valence-corrected chi connectivity index (χ2v) is 4.15. The predicted octanol–water partition coefficient (Wildman–Crippen LogP) is 3.94. The number of para-hydroxylation sites is 1. The summed E-state index contributed by atoms with van der Waals surface area (Å²) in [7, 11) is 0. The van der Waals surface area contributed by atoms with E-state index in [9.17, 15) is 9.90 Å². The van der Waals surface area contributed by atoms with E-state index in [0.29, 0.717) is 11.1 Å². The number of phenols is 1. The van der Waals surface area contributed by atoms with E-state index < -0.39 is 0 Å². The quantitative estimate of drug-likeness (QED) is 0.669. The highest BCUT2D eigenvalue weighted by molar-refractivity contribution is 6.32. The molecule has 0 spiro atoms. The van der Waals surface area contributed by atoms with E-state index in [1.54, 1.807) is 48.5 Å². The van der Waals surface area contributed by atoms with Crippen molar-refractivity contribution in [3.8, 4) is 5.75 Å². The van der Waals surface area contributed by atoms with E-state index in [4.69, 9.17) is 11.6 Å². The molecular weight excluding hydrogens is 248 g/mol. The van der Waals surface area contributed by atoms with Gasteiger partial charge in [0.1, 0.15) is 5.75 Å². The van der Waals surface area contributed by atoms with Crippen molar-refractivity contribution in [3.63, 3.8) is 0 Å². The summed E-state index contributed by atoms with van der Waals surface area (Å²) < 4.78 is 0. The molecule has 2 rings (SSSR count). The van der Waals surface area contributed by atoms with E-state index >= 15 is 0 Å². The summed E-state index contributed by atoms with van der Waals surface area (Å²) in [4.78, 5) is 11.8. The van der Waals surface area contributed by atoms with Crippen LogP contribution in [0.4, 0.5) is 0 Å². The van der Waals surface area contributed by atoms with Crippen molar-refractivity contribution in [2.75, 3.05) is 0 Å². The van der Waals surface area contributed by atoms with Crippen LogP contribution in [-0.2, 0) is 0 Å². The molecule has 0 radical (unpaired) electrons. The van der Waals surface area contributed by atoms with E-state index in [2.05, 4.69) is 0 Å². The van der Waals surface area contributed by atoms with Gasteiger partial charge >= 0.3 is 0 Å². The molecule has 1 N–H and O–H groups in total. The third-order valence-corrected chi connectivity index (χ3v) is 2.80. The van der Waals surface area contributed by atoms with Crippen LogP contribution in [0.5, 0.6) is 5.75 Å². The zero-order chi connectivity index (χ0) is 13.0. The van der Waals surface area contributed by atoms with Gasteiger partial charge in [-0.05, 0) is 18.2 Å². The van der Waals surface area contributed by atoms with Gasteiger partial charge in [0.15, 0.2) is 5.78 Å². The van der Waals surface area contributed by atoms with Gasteiger partial charge in [-0.3, -0.25) is 4.79 Å². The van der Waals surface area contributed by atoms with Gasteiger partial charge in [0, 0.05) is 11.1 Å². The molecule has 0 saturated heterocycles. The molecule has 0 heterocycles. The Bertz CT molecular complexity index is 589. The zero-order valence-electron chi connectivity index (χ0n) is 9.51. The van der Waals surface area contributed by atoms with Crippen molar-refractivity contribution in [2.45, 2.75) is 0 Å². The highest BCUT2D eigenvalue weighted by Gasteiger charge is 2.03. The Morgan fingerprint density at radius 2 is 1.78 bits per heavy atom. The molecule has 18 heavy (non-hydrogen) atoms. The van der Waals surface area contributed by atoms with Gasteiger partial charge in [0.2, 0.25) is 0 Å². The van der Waals surface area contributed by atoms with Gasteiger partial charge in [-0.2, -0.15) is 0 Å². The molecule has 0 unspecified atom stereocenters. The monoisotopic (exact) mass is 258 g/mol. The van der Waals surface area contributed by atoms with Crippen LogP contribution in [0.3, 0.4) is 0 Å².